The first-order valence-corrected chi connectivity index (χ1v) is 8.80. The molecule has 0 aromatic heterocycles. The fourth-order valence-corrected chi connectivity index (χ4v) is 4.40. The van der Waals surface area contributed by atoms with E-state index in [-0.39, 0.29) is 12.0 Å². The Bertz CT molecular complexity index is 632. The van der Waals surface area contributed by atoms with Crippen LogP contribution in [0.15, 0.2) is 24.3 Å². The largest absolute Gasteiger partial charge is 0.481 e. The molecule has 0 aliphatic carbocycles. The van der Waals surface area contributed by atoms with Gasteiger partial charge in [-0.2, -0.15) is 0 Å². The summed E-state index contributed by atoms with van der Waals surface area (Å²) >= 11 is 0. The Kier molecular flexibility index (Phi) is 4.63. The van der Waals surface area contributed by atoms with Gasteiger partial charge in [0.1, 0.15) is 5.92 Å². The van der Waals surface area contributed by atoms with Crippen molar-refractivity contribution in [2.75, 3.05) is 13.2 Å². The van der Waals surface area contributed by atoms with Crippen molar-refractivity contribution in [3.63, 3.8) is 0 Å². The lowest BCUT2D eigenvalue weighted by atomic mass is 9.69. The Hall–Kier alpha value is -1.88. The molecule has 2 atom stereocenters. The lowest BCUT2D eigenvalue weighted by molar-refractivity contribution is -0.143. The molecule has 2 heterocycles. The van der Waals surface area contributed by atoms with Crippen molar-refractivity contribution in [2.24, 2.45) is 0 Å². The van der Waals surface area contributed by atoms with Gasteiger partial charge in [0.25, 0.3) is 5.91 Å². The molecule has 1 N–H and O–H groups in total. The average Bonchev–Trinajstić information content (AvgIpc) is 3.10. The normalized spacial score (nSPS) is 25.6. The summed E-state index contributed by atoms with van der Waals surface area (Å²) in [6.45, 7) is 5.14. The van der Waals surface area contributed by atoms with E-state index in [1.807, 2.05) is 19.9 Å². The Morgan fingerprint density at radius 2 is 2.04 bits per heavy atom. The summed E-state index contributed by atoms with van der Waals surface area (Å²) in [7, 11) is 0. The zero-order valence-corrected chi connectivity index (χ0v) is 14.3. The first-order valence-electron chi connectivity index (χ1n) is 8.80. The number of carbonyl (C=O) groups is 2. The van der Waals surface area contributed by atoms with Crippen LogP contribution in [0.25, 0.3) is 0 Å². The van der Waals surface area contributed by atoms with Crippen molar-refractivity contribution in [1.29, 1.82) is 0 Å². The van der Waals surface area contributed by atoms with Gasteiger partial charge in [0.15, 0.2) is 0 Å². The Morgan fingerprint density at radius 1 is 1.33 bits per heavy atom. The molecule has 130 valence electrons. The number of carbonyl (C=O) groups excluding carboxylic acids is 1. The van der Waals surface area contributed by atoms with Crippen LogP contribution in [0.4, 0.5) is 0 Å². The van der Waals surface area contributed by atoms with E-state index in [1.165, 1.54) is 0 Å². The second-order valence-corrected chi connectivity index (χ2v) is 6.72. The highest BCUT2D eigenvalue weighted by Crippen LogP contribution is 2.45. The minimum absolute atomic E-state index is 0.00568. The molecule has 1 aromatic rings. The van der Waals surface area contributed by atoms with Crippen molar-refractivity contribution < 1.29 is 19.4 Å². The molecule has 24 heavy (non-hydrogen) atoms. The van der Waals surface area contributed by atoms with Gasteiger partial charge in [-0.05, 0) is 37.3 Å². The Morgan fingerprint density at radius 3 is 2.62 bits per heavy atom. The summed E-state index contributed by atoms with van der Waals surface area (Å²) in [5, 5.41) is 9.98. The van der Waals surface area contributed by atoms with Crippen LogP contribution in [0, 0.1) is 0 Å². The van der Waals surface area contributed by atoms with Gasteiger partial charge >= 0.3 is 5.97 Å². The van der Waals surface area contributed by atoms with Gasteiger partial charge in [0, 0.05) is 18.7 Å². The Labute approximate surface area is 142 Å². The van der Waals surface area contributed by atoms with Crippen LogP contribution >= 0.6 is 0 Å². The summed E-state index contributed by atoms with van der Waals surface area (Å²) < 4.78 is 5.73. The zero-order chi connectivity index (χ0) is 17.3. The van der Waals surface area contributed by atoms with Gasteiger partial charge in [-0.3, -0.25) is 9.59 Å². The number of nitrogens with zero attached hydrogens (tertiary/aromatic N) is 1. The van der Waals surface area contributed by atoms with Crippen LogP contribution in [0.3, 0.4) is 0 Å². The highest BCUT2D eigenvalue weighted by atomic mass is 16.5. The molecule has 1 fully saturated rings. The van der Waals surface area contributed by atoms with Gasteiger partial charge in [-0.25, -0.2) is 0 Å². The van der Waals surface area contributed by atoms with E-state index in [2.05, 4.69) is 0 Å². The quantitative estimate of drug-likeness (QED) is 0.900. The highest BCUT2D eigenvalue weighted by molar-refractivity contribution is 6.01. The molecule has 2 unspecified atom stereocenters. The molecular formula is C19H25NO4. The number of benzene rings is 1. The topological polar surface area (TPSA) is 66.8 Å². The number of hydrogen-bond donors (Lipinski definition) is 1. The second kappa shape index (κ2) is 6.55. The van der Waals surface area contributed by atoms with E-state index in [0.29, 0.717) is 30.5 Å². The van der Waals surface area contributed by atoms with Gasteiger partial charge < -0.3 is 14.7 Å². The molecule has 2 aliphatic rings. The molecule has 1 saturated heterocycles. The number of ether oxygens (including phenoxy) is 1. The minimum atomic E-state index is -0.865. The van der Waals surface area contributed by atoms with E-state index in [9.17, 15) is 14.7 Å². The molecule has 1 aromatic carbocycles. The number of carboxylic acids is 1. The Balaban J connectivity index is 2.11. The number of rotatable bonds is 5. The molecule has 2 aliphatic heterocycles. The molecular weight excluding hydrogens is 306 g/mol. The predicted molar refractivity (Wildman–Crippen MR) is 90.1 cm³/mol. The third-order valence-corrected chi connectivity index (χ3v) is 5.70. The van der Waals surface area contributed by atoms with Crippen molar-refractivity contribution in [3.05, 3.63) is 35.4 Å². The number of carboxylic acid groups (broad SMARTS) is 1. The van der Waals surface area contributed by atoms with Crippen LogP contribution in [-0.2, 0) is 9.53 Å². The number of amides is 1. The minimum Gasteiger partial charge on any atom is -0.481 e. The third kappa shape index (κ3) is 2.51. The molecule has 5 heteroatoms. The van der Waals surface area contributed by atoms with Gasteiger partial charge in [-0.15, -0.1) is 0 Å². The fourth-order valence-electron chi connectivity index (χ4n) is 4.40. The SMILES string of the molecule is CCC1(CC)C(C(=O)O)c2ccccc2C(=O)N1CC1CCCO1. The average molecular weight is 331 g/mol. The van der Waals surface area contributed by atoms with Crippen molar-refractivity contribution in [3.8, 4) is 0 Å². The van der Waals surface area contributed by atoms with Gasteiger partial charge in [-0.1, -0.05) is 32.0 Å². The van der Waals surface area contributed by atoms with Crippen LogP contribution in [0.1, 0.15) is 61.4 Å². The van der Waals surface area contributed by atoms with E-state index in [0.717, 1.165) is 19.4 Å². The molecule has 5 nitrogen and oxygen atoms in total. The van der Waals surface area contributed by atoms with E-state index in [1.54, 1.807) is 23.1 Å². The molecule has 3 rings (SSSR count). The molecule has 1 amide bonds. The van der Waals surface area contributed by atoms with Crippen LogP contribution in [0.5, 0.6) is 0 Å². The van der Waals surface area contributed by atoms with Crippen LogP contribution in [-0.4, -0.2) is 46.7 Å². The lowest BCUT2D eigenvalue weighted by Gasteiger charge is -2.51. The third-order valence-electron chi connectivity index (χ3n) is 5.70. The van der Waals surface area contributed by atoms with Crippen LogP contribution < -0.4 is 0 Å². The summed E-state index contributed by atoms with van der Waals surface area (Å²) in [6, 6.07) is 7.14. The van der Waals surface area contributed by atoms with E-state index < -0.39 is 17.4 Å². The summed E-state index contributed by atoms with van der Waals surface area (Å²) in [4.78, 5) is 27.1. The fraction of sp³-hybridized carbons (Fsp3) is 0.579. The maximum atomic E-state index is 13.2. The zero-order valence-electron chi connectivity index (χ0n) is 14.3. The summed E-state index contributed by atoms with van der Waals surface area (Å²) in [5.74, 6) is -1.64. The van der Waals surface area contributed by atoms with Gasteiger partial charge in [0.05, 0.1) is 11.6 Å². The van der Waals surface area contributed by atoms with E-state index in [4.69, 9.17) is 4.74 Å². The number of fused-ring (bicyclic) bond motifs is 1. The standard InChI is InChI=1S/C19H25NO4/c1-3-19(4-2)16(18(22)23)14-9-5-6-10-15(14)17(21)20(19)12-13-8-7-11-24-13/h5-6,9-10,13,16H,3-4,7-8,11-12H2,1-2H3,(H,22,23). The van der Waals surface area contributed by atoms with Crippen molar-refractivity contribution in [1.82, 2.24) is 4.90 Å². The molecule has 0 spiro atoms. The molecule has 0 saturated carbocycles. The molecule has 0 radical (unpaired) electrons. The highest BCUT2D eigenvalue weighted by Gasteiger charge is 2.53. The predicted octanol–water partition coefficient (Wildman–Crippen LogP) is 3.05. The second-order valence-electron chi connectivity index (χ2n) is 6.72. The monoisotopic (exact) mass is 331 g/mol. The summed E-state index contributed by atoms with van der Waals surface area (Å²) in [6.07, 6.45) is 3.13. The van der Waals surface area contributed by atoms with E-state index >= 15 is 0 Å². The van der Waals surface area contributed by atoms with Gasteiger partial charge in [0.2, 0.25) is 0 Å². The number of aliphatic carboxylic acids is 1. The molecule has 0 bridgehead atoms. The van der Waals surface area contributed by atoms with Crippen molar-refractivity contribution in [2.45, 2.75) is 57.1 Å². The number of hydrogen-bond acceptors (Lipinski definition) is 3. The smallest absolute Gasteiger partial charge is 0.313 e. The first-order chi connectivity index (χ1) is 11.5. The lowest BCUT2D eigenvalue weighted by Crippen LogP contribution is -2.61. The van der Waals surface area contributed by atoms with Crippen LogP contribution in [0.2, 0.25) is 0 Å². The summed E-state index contributed by atoms with van der Waals surface area (Å²) in [5.41, 5.74) is 0.450. The maximum Gasteiger partial charge on any atom is 0.313 e. The van der Waals surface area contributed by atoms with Crippen molar-refractivity contribution >= 4 is 11.9 Å². The first kappa shape index (κ1) is 17.0. The maximum absolute atomic E-state index is 13.2.